The summed E-state index contributed by atoms with van der Waals surface area (Å²) in [6.07, 6.45) is 0. The molecule has 4 nitrogen and oxygen atoms in total. The number of benzene rings is 1. The average molecular weight is 264 g/mol. The molecule has 0 saturated carbocycles. The first-order chi connectivity index (χ1) is 8.66. The molecule has 0 atom stereocenters. The van der Waals surface area contributed by atoms with Gasteiger partial charge in [-0.2, -0.15) is 0 Å². The summed E-state index contributed by atoms with van der Waals surface area (Å²) in [6, 6.07) is 7.94. The van der Waals surface area contributed by atoms with E-state index >= 15 is 0 Å². The van der Waals surface area contributed by atoms with E-state index < -0.39 is 0 Å². The normalized spacial score (nSPS) is 14.9. The lowest BCUT2D eigenvalue weighted by Gasteiger charge is -2.14. The van der Waals surface area contributed by atoms with Crippen molar-refractivity contribution in [3.8, 4) is 0 Å². The standard InChI is InChI=1S/C13H16N2O2S/c1-10-4-2-3-5-11(10)8-14-12(16)9-15-6-7-18-13(15)17/h2-5H,6-9H2,1H3,(H,14,16). The highest BCUT2D eigenvalue weighted by atomic mass is 32.2. The highest BCUT2D eigenvalue weighted by molar-refractivity contribution is 8.13. The highest BCUT2D eigenvalue weighted by Crippen LogP contribution is 2.16. The summed E-state index contributed by atoms with van der Waals surface area (Å²) in [7, 11) is 0. The van der Waals surface area contributed by atoms with Gasteiger partial charge in [-0.1, -0.05) is 36.0 Å². The minimum absolute atomic E-state index is 0.000965. The molecule has 96 valence electrons. The number of carbonyl (C=O) groups is 2. The lowest BCUT2D eigenvalue weighted by atomic mass is 10.1. The second-order valence-corrected chi connectivity index (χ2v) is 5.29. The zero-order valence-corrected chi connectivity index (χ0v) is 11.1. The Morgan fingerprint density at radius 2 is 2.22 bits per heavy atom. The second-order valence-electron chi connectivity index (χ2n) is 4.24. The first kappa shape index (κ1) is 13.0. The SMILES string of the molecule is Cc1ccccc1CNC(=O)CN1CCSC1=O. The van der Waals surface area contributed by atoms with Crippen molar-refractivity contribution in [1.29, 1.82) is 0 Å². The molecule has 1 N–H and O–H groups in total. The van der Waals surface area contributed by atoms with Crippen molar-refractivity contribution in [2.24, 2.45) is 0 Å². The maximum atomic E-state index is 11.7. The summed E-state index contributed by atoms with van der Waals surface area (Å²) in [5, 5.41) is 2.85. The third-order valence-corrected chi connectivity index (χ3v) is 3.81. The van der Waals surface area contributed by atoms with Gasteiger partial charge in [-0.3, -0.25) is 9.59 Å². The minimum atomic E-state index is -0.103. The topological polar surface area (TPSA) is 49.4 Å². The Labute approximate surface area is 111 Å². The molecule has 1 aromatic carbocycles. The molecular weight excluding hydrogens is 248 g/mol. The lowest BCUT2D eigenvalue weighted by Crippen LogP contribution is -2.37. The largest absolute Gasteiger partial charge is 0.350 e. The fourth-order valence-electron chi connectivity index (χ4n) is 1.80. The Balaban J connectivity index is 1.82. The smallest absolute Gasteiger partial charge is 0.282 e. The van der Waals surface area contributed by atoms with Crippen LogP contribution >= 0.6 is 11.8 Å². The molecule has 5 heteroatoms. The van der Waals surface area contributed by atoms with Crippen molar-refractivity contribution in [3.63, 3.8) is 0 Å². The number of hydrogen-bond donors (Lipinski definition) is 1. The molecule has 0 bridgehead atoms. The molecule has 1 heterocycles. The van der Waals surface area contributed by atoms with Crippen molar-refractivity contribution in [2.45, 2.75) is 13.5 Å². The molecule has 18 heavy (non-hydrogen) atoms. The van der Waals surface area contributed by atoms with Crippen LogP contribution in [-0.2, 0) is 11.3 Å². The number of thioether (sulfide) groups is 1. The average Bonchev–Trinajstić information content (AvgIpc) is 2.74. The number of nitrogens with zero attached hydrogens (tertiary/aromatic N) is 1. The van der Waals surface area contributed by atoms with Crippen LogP contribution in [0.3, 0.4) is 0 Å². The van der Waals surface area contributed by atoms with Gasteiger partial charge in [0, 0.05) is 18.8 Å². The lowest BCUT2D eigenvalue weighted by molar-refractivity contribution is -0.121. The van der Waals surface area contributed by atoms with E-state index in [1.54, 1.807) is 4.90 Å². The van der Waals surface area contributed by atoms with Crippen molar-refractivity contribution < 1.29 is 9.59 Å². The van der Waals surface area contributed by atoms with Crippen LogP contribution in [0, 0.1) is 6.92 Å². The molecule has 1 aliphatic rings. The molecule has 0 spiro atoms. The van der Waals surface area contributed by atoms with E-state index in [4.69, 9.17) is 0 Å². The van der Waals surface area contributed by atoms with Gasteiger partial charge < -0.3 is 10.2 Å². The van der Waals surface area contributed by atoms with Crippen LogP contribution in [0.5, 0.6) is 0 Å². The van der Waals surface area contributed by atoms with Crippen LogP contribution in [-0.4, -0.2) is 34.9 Å². The van der Waals surface area contributed by atoms with E-state index in [1.807, 2.05) is 31.2 Å². The van der Waals surface area contributed by atoms with Crippen molar-refractivity contribution in [3.05, 3.63) is 35.4 Å². The zero-order valence-electron chi connectivity index (χ0n) is 10.3. The molecule has 1 aliphatic heterocycles. The third-order valence-electron chi connectivity index (χ3n) is 2.92. The van der Waals surface area contributed by atoms with Gasteiger partial charge in [0.1, 0.15) is 6.54 Å². The number of rotatable bonds is 4. The number of nitrogens with one attached hydrogen (secondary N) is 1. The predicted molar refractivity (Wildman–Crippen MR) is 72.5 cm³/mol. The van der Waals surface area contributed by atoms with Crippen molar-refractivity contribution in [1.82, 2.24) is 10.2 Å². The van der Waals surface area contributed by atoms with E-state index in [2.05, 4.69) is 5.32 Å². The first-order valence-electron chi connectivity index (χ1n) is 5.90. The molecule has 0 aliphatic carbocycles. The van der Waals surface area contributed by atoms with E-state index in [-0.39, 0.29) is 17.7 Å². The van der Waals surface area contributed by atoms with Crippen LogP contribution in [0.1, 0.15) is 11.1 Å². The van der Waals surface area contributed by atoms with Gasteiger partial charge in [0.2, 0.25) is 5.91 Å². The first-order valence-corrected chi connectivity index (χ1v) is 6.88. The third kappa shape index (κ3) is 3.26. The minimum Gasteiger partial charge on any atom is -0.350 e. The molecule has 0 radical (unpaired) electrons. The van der Waals surface area contributed by atoms with Crippen LogP contribution < -0.4 is 5.32 Å². The Hall–Kier alpha value is -1.49. The van der Waals surface area contributed by atoms with Gasteiger partial charge in [0.25, 0.3) is 5.24 Å². The maximum Gasteiger partial charge on any atom is 0.282 e. The monoisotopic (exact) mass is 264 g/mol. The summed E-state index contributed by atoms with van der Waals surface area (Å²) >= 11 is 1.27. The number of amides is 2. The van der Waals surface area contributed by atoms with E-state index in [0.29, 0.717) is 13.1 Å². The fraction of sp³-hybridized carbons (Fsp3) is 0.385. The number of carbonyl (C=O) groups excluding carboxylic acids is 2. The van der Waals surface area contributed by atoms with E-state index in [0.717, 1.165) is 16.9 Å². The van der Waals surface area contributed by atoms with Gasteiger partial charge in [-0.05, 0) is 18.1 Å². The van der Waals surface area contributed by atoms with E-state index in [9.17, 15) is 9.59 Å². The van der Waals surface area contributed by atoms with Crippen LogP contribution in [0.4, 0.5) is 4.79 Å². The summed E-state index contributed by atoms with van der Waals surface area (Å²) in [5.74, 6) is 0.679. The van der Waals surface area contributed by atoms with Gasteiger partial charge in [-0.25, -0.2) is 0 Å². The van der Waals surface area contributed by atoms with Crippen LogP contribution in [0.25, 0.3) is 0 Å². The maximum absolute atomic E-state index is 11.7. The van der Waals surface area contributed by atoms with Gasteiger partial charge in [0.05, 0.1) is 0 Å². The molecule has 2 rings (SSSR count). The molecular formula is C13H16N2O2S. The Morgan fingerprint density at radius 1 is 1.44 bits per heavy atom. The van der Waals surface area contributed by atoms with Crippen LogP contribution in [0.15, 0.2) is 24.3 Å². The molecule has 0 aromatic heterocycles. The Bertz CT molecular complexity index is 462. The summed E-state index contributed by atoms with van der Waals surface area (Å²) in [4.78, 5) is 24.6. The van der Waals surface area contributed by atoms with Gasteiger partial charge in [-0.15, -0.1) is 0 Å². The predicted octanol–water partition coefficient (Wildman–Crippen LogP) is 1.78. The quantitative estimate of drug-likeness (QED) is 0.902. The van der Waals surface area contributed by atoms with Crippen molar-refractivity contribution >= 4 is 22.9 Å². The molecule has 1 aromatic rings. The second kappa shape index (κ2) is 5.91. The van der Waals surface area contributed by atoms with E-state index in [1.165, 1.54) is 11.8 Å². The molecule has 2 amide bonds. The zero-order chi connectivity index (χ0) is 13.0. The molecule has 1 fully saturated rings. The summed E-state index contributed by atoms with van der Waals surface area (Å²) in [5.41, 5.74) is 2.26. The summed E-state index contributed by atoms with van der Waals surface area (Å²) < 4.78 is 0. The Kier molecular flexibility index (Phi) is 4.25. The van der Waals surface area contributed by atoms with Crippen molar-refractivity contribution in [2.75, 3.05) is 18.8 Å². The number of hydrogen-bond acceptors (Lipinski definition) is 3. The fourth-order valence-corrected chi connectivity index (χ4v) is 2.63. The molecule has 1 saturated heterocycles. The summed E-state index contributed by atoms with van der Waals surface area (Å²) in [6.45, 7) is 3.36. The van der Waals surface area contributed by atoms with Gasteiger partial charge in [0.15, 0.2) is 0 Å². The molecule has 0 unspecified atom stereocenters. The highest BCUT2D eigenvalue weighted by Gasteiger charge is 2.22. The Morgan fingerprint density at radius 3 is 2.89 bits per heavy atom. The van der Waals surface area contributed by atoms with Crippen LogP contribution in [0.2, 0.25) is 0 Å². The van der Waals surface area contributed by atoms with Gasteiger partial charge >= 0.3 is 0 Å². The number of aryl methyl sites for hydroxylation is 1.